The van der Waals surface area contributed by atoms with Gasteiger partial charge in [-0.2, -0.15) is 5.10 Å². The third-order valence-corrected chi connectivity index (χ3v) is 5.06. The van der Waals surface area contributed by atoms with Crippen LogP contribution in [-0.2, 0) is 13.6 Å². The fourth-order valence-electron chi connectivity index (χ4n) is 2.25. The number of aryl methyl sites for hydroxylation is 1. The SMILES string of the molecule is CC(C)c1nnsc1CNC(=O)c1cc(-c2cccs2)nn1C. The molecule has 0 aliphatic rings. The zero-order valence-corrected chi connectivity index (χ0v) is 14.7. The molecule has 120 valence electrons. The minimum atomic E-state index is -0.147. The normalized spacial score (nSPS) is 11.1. The first-order chi connectivity index (χ1) is 11.1. The molecular formula is C15H17N5OS2. The van der Waals surface area contributed by atoms with Crippen LogP contribution in [0, 0.1) is 0 Å². The van der Waals surface area contributed by atoms with Crippen LogP contribution in [0.5, 0.6) is 0 Å². The van der Waals surface area contributed by atoms with Crippen molar-refractivity contribution in [2.45, 2.75) is 26.3 Å². The van der Waals surface area contributed by atoms with E-state index >= 15 is 0 Å². The molecule has 3 aromatic rings. The Kier molecular flexibility index (Phi) is 4.53. The molecule has 1 N–H and O–H groups in total. The first kappa shape index (κ1) is 15.8. The van der Waals surface area contributed by atoms with Gasteiger partial charge in [0.15, 0.2) is 0 Å². The van der Waals surface area contributed by atoms with Crippen molar-refractivity contribution in [2.24, 2.45) is 7.05 Å². The van der Waals surface area contributed by atoms with Gasteiger partial charge in [0.2, 0.25) is 0 Å². The highest BCUT2D eigenvalue weighted by Gasteiger charge is 2.17. The summed E-state index contributed by atoms with van der Waals surface area (Å²) in [4.78, 5) is 14.5. The van der Waals surface area contributed by atoms with Crippen LogP contribution in [0.3, 0.4) is 0 Å². The third-order valence-electron chi connectivity index (χ3n) is 3.43. The van der Waals surface area contributed by atoms with E-state index in [9.17, 15) is 4.79 Å². The Morgan fingerprint density at radius 3 is 2.96 bits per heavy atom. The fourth-order valence-corrected chi connectivity index (χ4v) is 3.67. The smallest absolute Gasteiger partial charge is 0.269 e. The Bertz CT molecular complexity index is 804. The number of carbonyl (C=O) groups is 1. The lowest BCUT2D eigenvalue weighted by molar-refractivity contribution is 0.0941. The van der Waals surface area contributed by atoms with Crippen molar-refractivity contribution in [3.8, 4) is 10.6 Å². The van der Waals surface area contributed by atoms with Crippen molar-refractivity contribution in [2.75, 3.05) is 0 Å². The Hall–Kier alpha value is -2.06. The fraction of sp³-hybridized carbons (Fsp3) is 0.333. The van der Waals surface area contributed by atoms with Gasteiger partial charge in [-0.15, -0.1) is 16.4 Å². The largest absolute Gasteiger partial charge is 0.346 e. The number of nitrogens with one attached hydrogen (secondary N) is 1. The first-order valence-corrected chi connectivity index (χ1v) is 8.88. The van der Waals surface area contributed by atoms with E-state index in [1.165, 1.54) is 11.5 Å². The highest BCUT2D eigenvalue weighted by molar-refractivity contribution is 7.13. The minimum Gasteiger partial charge on any atom is -0.346 e. The molecule has 0 aromatic carbocycles. The van der Waals surface area contributed by atoms with E-state index in [1.54, 1.807) is 23.1 Å². The molecule has 0 aliphatic carbocycles. The van der Waals surface area contributed by atoms with Crippen LogP contribution in [0.4, 0.5) is 0 Å². The van der Waals surface area contributed by atoms with Crippen molar-refractivity contribution in [3.63, 3.8) is 0 Å². The van der Waals surface area contributed by atoms with Crippen LogP contribution in [0.1, 0.15) is 40.8 Å². The standard InChI is InChI=1S/C15H17N5OS2/c1-9(2)14-13(23-19-17-14)8-16-15(21)11-7-10(18-20(11)3)12-5-4-6-22-12/h4-7,9H,8H2,1-3H3,(H,16,21). The number of rotatable bonds is 5. The second-order valence-corrected chi connectivity index (χ2v) is 7.22. The molecule has 6 nitrogen and oxygen atoms in total. The molecule has 1 amide bonds. The molecule has 0 radical (unpaired) electrons. The molecule has 0 spiro atoms. The van der Waals surface area contributed by atoms with Gasteiger partial charge in [-0.1, -0.05) is 24.4 Å². The van der Waals surface area contributed by atoms with Gasteiger partial charge in [0, 0.05) is 7.05 Å². The molecule has 0 saturated carbocycles. The van der Waals surface area contributed by atoms with Gasteiger partial charge in [-0.3, -0.25) is 9.48 Å². The average Bonchev–Trinajstić information content (AvgIpc) is 3.24. The van der Waals surface area contributed by atoms with Gasteiger partial charge in [0.05, 0.1) is 22.0 Å². The van der Waals surface area contributed by atoms with E-state index in [2.05, 4.69) is 33.8 Å². The molecule has 3 aromatic heterocycles. The molecule has 3 heterocycles. The van der Waals surface area contributed by atoms with Gasteiger partial charge in [0.25, 0.3) is 5.91 Å². The summed E-state index contributed by atoms with van der Waals surface area (Å²) in [6.07, 6.45) is 0. The molecule has 3 rings (SSSR count). The number of thiophene rings is 1. The van der Waals surface area contributed by atoms with E-state index in [1.807, 2.05) is 23.6 Å². The molecule has 0 aliphatic heterocycles. The van der Waals surface area contributed by atoms with Crippen molar-refractivity contribution in [1.82, 2.24) is 24.7 Å². The maximum atomic E-state index is 12.4. The maximum absolute atomic E-state index is 12.4. The predicted octanol–water partition coefficient (Wildman–Crippen LogP) is 3.05. The summed E-state index contributed by atoms with van der Waals surface area (Å²) < 4.78 is 5.58. The Balaban J connectivity index is 1.72. The van der Waals surface area contributed by atoms with Gasteiger partial charge >= 0.3 is 0 Å². The van der Waals surface area contributed by atoms with Gasteiger partial charge in [0.1, 0.15) is 11.4 Å². The van der Waals surface area contributed by atoms with E-state index < -0.39 is 0 Å². The summed E-state index contributed by atoms with van der Waals surface area (Å²) in [5.74, 6) is 0.147. The molecule has 0 bridgehead atoms. The topological polar surface area (TPSA) is 72.7 Å². The summed E-state index contributed by atoms with van der Waals surface area (Å²) in [6, 6.07) is 5.78. The molecule has 8 heteroatoms. The Labute approximate surface area is 142 Å². The molecule has 0 fully saturated rings. The van der Waals surface area contributed by atoms with Crippen LogP contribution >= 0.6 is 22.9 Å². The molecule has 0 atom stereocenters. The lowest BCUT2D eigenvalue weighted by Gasteiger charge is -2.06. The highest BCUT2D eigenvalue weighted by Crippen LogP contribution is 2.24. The van der Waals surface area contributed by atoms with Crippen LogP contribution in [-0.4, -0.2) is 25.3 Å². The van der Waals surface area contributed by atoms with Gasteiger partial charge in [-0.05, 0) is 35.0 Å². The number of nitrogens with zero attached hydrogens (tertiary/aromatic N) is 4. The summed E-state index contributed by atoms with van der Waals surface area (Å²) >= 11 is 2.93. The van der Waals surface area contributed by atoms with Gasteiger partial charge in [-0.25, -0.2) is 0 Å². The maximum Gasteiger partial charge on any atom is 0.269 e. The second-order valence-electron chi connectivity index (χ2n) is 5.43. The third kappa shape index (κ3) is 3.32. The summed E-state index contributed by atoms with van der Waals surface area (Å²) in [7, 11) is 1.78. The van der Waals surface area contributed by atoms with Crippen molar-refractivity contribution in [3.05, 3.63) is 39.8 Å². The number of amides is 1. The predicted molar refractivity (Wildman–Crippen MR) is 91.7 cm³/mol. The Morgan fingerprint density at radius 1 is 1.43 bits per heavy atom. The molecule has 23 heavy (non-hydrogen) atoms. The second kappa shape index (κ2) is 6.59. The quantitative estimate of drug-likeness (QED) is 0.770. The van der Waals surface area contributed by atoms with E-state index in [0.29, 0.717) is 18.2 Å². The zero-order chi connectivity index (χ0) is 16.4. The van der Waals surface area contributed by atoms with Crippen molar-refractivity contribution in [1.29, 1.82) is 0 Å². The van der Waals surface area contributed by atoms with Crippen LogP contribution in [0.25, 0.3) is 10.6 Å². The average molecular weight is 347 g/mol. The van der Waals surface area contributed by atoms with Crippen LogP contribution in [0.2, 0.25) is 0 Å². The number of hydrogen-bond acceptors (Lipinski definition) is 6. The van der Waals surface area contributed by atoms with E-state index in [-0.39, 0.29) is 5.91 Å². The van der Waals surface area contributed by atoms with Crippen molar-refractivity contribution < 1.29 is 4.79 Å². The van der Waals surface area contributed by atoms with Crippen molar-refractivity contribution >= 4 is 28.8 Å². The van der Waals surface area contributed by atoms with Crippen LogP contribution < -0.4 is 5.32 Å². The van der Waals surface area contributed by atoms with Gasteiger partial charge < -0.3 is 5.32 Å². The van der Waals surface area contributed by atoms with Crippen LogP contribution in [0.15, 0.2) is 23.6 Å². The number of aromatic nitrogens is 4. The molecular weight excluding hydrogens is 330 g/mol. The highest BCUT2D eigenvalue weighted by atomic mass is 32.1. The first-order valence-electron chi connectivity index (χ1n) is 7.23. The molecule has 0 unspecified atom stereocenters. The minimum absolute atomic E-state index is 0.147. The lowest BCUT2D eigenvalue weighted by Crippen LogP contribution is -2.25. The lowest BCUT2D eigenvalue weighted by atomic mass is 10.1. The van der Waals surface area contributed by atoms with E-state index in [4.69, 9.17) is 0 Å². The number of hydrogen-bond donors (Lipinski definition) is 1. The monoisotopic (exact) mass is 347 g/mol. The number of carbonyl (C=O) groups excluding carboxylic acids is 1. The summed E-state index contributed by atoms with van der Waals surface area (Å²) in [5, 5.41) is 13.5. The summed E-state index contributed by atoms with van der Waals surface area (Å²) in [6.45, 7) is 4.57. The molecule has 0 saturated heterocycles. The zero-order valence-electron chi connectivity index (χ0n) is 13.1. The Morgan fingerprint density at radius 2 is 2.26 bits per heavy atom. The van der Waals surface area contributed by atoms with E-state index in [0.717, 1.165) is 21.1 Å². The summed E-state index contributed by atoms with van der Waals surface area (Å²) in [5.41, 5.74) is 2.30.